The van der Waals surface area contributed by atoms with Crippen molar-refractivity contribution in [1.29, 1.82) is 0 Å². The molecule has 0 aliphatic heterocycles. The Hall–Kier alpha value is -1.26. The van der Waals surface area contributed by atoms with Crippen LogP contribution in [0.5, 0.6) is 0 Å². The van der Waals surface area contributed by atoms with Gasteiger partial charge in [0.15, 0.2) is 0 Å². The van der Waals surface area contributed by atoms with E-state index in [1.54, 1.807) is 0 Å². The van der Waals surface area contributed by atoms with Gasteiger partial charge in [0.2, 0.25) is 0 Å². The molecule has 4 heteroatoms. The lowest BCUT2D eigenvalue weighted by molar-refractivity contribution is 0.589. The molecule has 108 valence electrons. The molecule has 1 aromatic heterocycles. The van der Waals surface area contributed by atoms with E-state index >= 15 is 0 Å². The zero-order valence-electron chi connectivity index (χ0n) is 12.9. The molecular weight excluding hydrogens is 266 g/mol. The molecule has 0 amide bonds. The highest BCUT2D eigenvalue weighted by Gasteiger charge is 2.20. The van der Waals surface area contributed by atoms with Gasteiger partial charge in [-0.25, -0.2) is 0 Å². The van der Waals surface area contributed by atoms with Crippen molar-refractivity contribution in [2.24, 2.45) is 0 Å². The average molecular weight is 289 g/mol. The van der Waals surface area contributed by atoms with E-state index in [0.29, 0.717) is 5.92 Å². The molecule has 0 saturated heterocycles. The molecule has 0 bridgehead atoms. The van der Waals surface area contributed by atoms with Crippen LogP contribution < -0.4 is 5.32 Å². The van der Waals surface area contributed by atoms with E-state index in [4.69, 9.17) is 0 Å². The molecule has 0 radical (unpaired) electrons. The van der Waals surface area contributed by atoms with E-state index in [2.05, 4.69) is 60.8 Å². The monoisotopic (exact) mass is 289 g/mol. The second kappa shape index (κ2) is 6.46. The quantitative estimate of drug-likeness (QED) is 0.910. The number of hydrogen-bond acceptors (Lipinski definition) is 4. The van der Waals surface area contributed by atoms with Crippen LogP contribution in [-0.4, -0.2) is 16.6 Å². The Kier molecular flexibility index (Phi) is 4.89. The van der Waals surface area contributed by atoms with E-state index in [1.807, 2.05) is 7.05 Å². The average Bonchev–Trinajstić information content (AvgIpc) is 2.89. The Morgan fingerprint density at radius 3 is 2.55 bits per heavy atom. The fourth-order valence-electron chi connectivity index (χ4n) is 2.34. The second-order valence-corrected chi connectivity index (χ2v) is 6.43. The van der Waals surface area contributed by atoms with Crippen LogP contribution in [0.4, 0.5) is 0 Å². The van der Waals surface area contributed by atoms with Gasteiger partial charge in [0, 0.05) is 6.04 Å². The highest BCUT2D eigenvalue weighted by atomic mass is 32.1. The van der Waals surface area contributed by atoms with E-state index in [0.717, 1.165) is 12.1 Å². The highest BCUT2D eigenvalue weighted by Crippen LogP contribution is 2.28. The third-order valence-corrected chi connectivity index (χ3v) is 4.62. The van der Waals surface area contributed by atoms with Gasteiger partial charge in [0.25, 0.3) is 0 Å². The molecule has 1 heterocycles. The molecule has 1 N–H and O–H groups in total. The van der Waals surface area contributed by atoms with Gasteiger partial charge in [-0.2, -0.15) is 0 Å². The topological polar surface area (TPSA) is 37.8 Å². The molecule has 3 nitrogen and oxygen atoms in total. The molecular formula is C16H23N3S. The number of benzene rings is 1. The van der Waals surface area contributed by atoms with E-state index in [9.17, 15) is 0 Å². The first-order valence-electron chi connectivity index (χ1n) is 7.08. The van der Waals surface area contributed by atoms with Crippen LogP contribution in [0.15, 0.2) is 18.2 Å². The van der Waals surface area contributed by atoms with Crippen molar-refractivity contribution < 1.29 is 0 Å². The lowest BCUT2D eigenvalue weighted by Crippen LogP contribution is -2.19. The first kappa shape index (κ1) is 15.1. The van der Waals surface area contributed by atoms with Gasteiger partial charge in [-0.1, -0.05) is 36.5 Å². The maximum Gasteiger partial charge on any atom is 0.0829 e. The molecule has 0 fully saturated rings. The second-order valence-electron chi connectivity index (χ2n) is 5.64. The normalized spacial score (nSPS) is 12.9. The first-order chi connectivity index (χ1) is 9.52. The Balaban J connectivity index is 2.24. The summed E-state index contributed by atoms with van der Waals surface area (Å²) >= 11 is 1.51. The summed E-state index contributed by atoms with van der Waals surface area (Å²) in [4.78, 5) is 1.26. The number of aromatic nitrogens is 2. The minimum absolute atomic E-state index is 0.287. The number of nitrogens with zero attached hydrogens (tertiary/aromatic N) is 2. The number of rotatable bonds is 5. The van der Waals surface area contributed by atoms with Gasteiger partial charge < -0.3 is 5.32 Å². The summed E-state index contributed by atoms with van der Waals surface area (Å²) in [5, 5.41) is 7.70. The minimum Gasteiger partial charge on any atom is -0.312 e. The van der Waals surface area contributed by atoms with Crippen molar-refractivity contribution in [3.8, 4) is 0 Å². The fourth-order valence-corrected chi connectivity index (χ4v) is 3.25. The van der Waals surface area contributed by atoms with E-state index in [1.165, 1.54) is 33.1 Å². The molecule has 0 spiro atoms. The Bertz CT molecular complexity index is 575. The van der Waals surface area contributed by atoms with Gasteiger partial charge in [-0.05, 0) is 61.5 Å². The summed E-state index contributed by atoms with van der Waals surface area (Å²) in [6.45, 7) is 8.66. The van der Waals surface area contributed by atoms with Gasteiger partial charge >= 0.3 is 0 Å². The summed E-state index contributed by atoms with van der Waals surface area (Å²) in [6, 6.07) is 6.99. The third kappa shape index (κ3) is 3.25. The lowest BCUT2D eigenvalue weighted by atomic mass is 9.98. The lowest BCUT2D eigenvalue weighted by Gasteiger charge is -2.17. The molecule has 1 atom stereocenters. The van der Waals surface area contributed by atoms with Crippen molar-refractivity contribution >= 4 is 11.5 Å². The van der Waals surface area contributed by atoms with E-state index < -0.39 is 0 Å². The number of hydrogen-bond donors (Lipinski definition) is 1. The predicted molar refractivity (Wildman–Crippen MR) is 85.4 cm³/mol. The summed E-state index contributed by atoms with van der Waals surface area (Å²) in [5.74, 6) is 0.416. The van der Waals surface area contributed by atoms with Crippen LogP contribution >= 0.6 is 11.5 Å². The van der Waals surface area contributed by atoms with Crippen LogP contribution in [0, 0.1) is 13.8 Å². The SMILES string of the molecule is CNC(Cc1ccc(C)c(C)c1)c1snnc1C(C)C. The molecule has 20 heavy (non-hydrogen) atoms. The van der Waals surface area contributed by atoms with E-state index in [-0.39, 0.29) is 6.04 Å². The van der Waals surface area contributed by atoms with Crippen LogP contribution in [0.25, 0.3) is 0 Å². The summed E-state index contributed by atoms with van der Waals surface area (Å²) in [6.07, 6.45) is 0.973. The Labute approximate surface area is 125 Å². The van der Waals surface area contributed by atoms with Crippen LogP contribution in [0.3, 0.4) is 0 Å². The van der Waals surface area contributed by atoms with Crippen molar-refractivity contribution in [1.82, 2.24) is 14.9 Å². The summed E-state index contributed by atoms with van der Waals surface area (Å²) in [5.41, 5.74) is 5.18. The van der Waals surface area contributed by atoms with Crippen molar-refractivity contribution in [2.75, 3.05) is 7.05 Å². The van der Waals surface area contributed by atoms with Crippen molar-refractivity contribution in [3.05, 3.63) is 45.5 Å². The summed E-state index contributed by atoms with van der Waals surface area (Å²) < 4.78 is 4.14. The molecule has 0 aliphatic rings. The third-order valence-electron chi connectivity index (χ3n) is 3.76. The van der Waals surface area contributed by atoms with Gasteiger partial charge in [-0.15, -0.1) is 5.10 Å². The standard InChI is InChI=1S/C16H23N3S/c1-10(2)15-16(20-19-18-15)14(17-5)9-13-7-6-11(3)12(4)8-13/h6-8,10,14,17H,9H2,1-5H3. The first-order valence-corrected chi connectivity index (χ1v) is 7.85. The molecule has 2 rings (SSSR count). The van der Waals surface area contributed by atoms with Crippen LogP contribution in [0.1, 0.15) is 53.1 Å². The zero-order valence-corrected chi connectivity index (χ0v) is 13.7. The number of nitrogens with one attached hydrogen (secondary N) is 1. The maximum absolute atomic E-state index is 4.29. The highest BCUT2D eigenvalue weighted by molar-refractivity contribution is 7.05. The number of aryl methyl sites for hydroxylation is 2. The van der Waals surface area contributed by atoms with Gasteiger partial charge in [-0.3, -0.25) is 0 Å². The minimum atomic E-state index is 0.287. The molecule has 0 aliphatic carbocycles. The van der Waals surface area contributed by atoms with Gasteiger partial charge in [0.05, 0.1) is 10.6 Å². The van der Waals surface area contributed by atoms with Crippen LogP contribution in [0.2, 0.25) is 0 Å². The fraction of sp³-hybridized carbons (Fsp3) is 0.500. The molecule has 1 unspecified atom stereocenters. The predicted octanol–water partition coefficient (Wildman–Crippen LogP) is 3.78. The smallest absolute Gasteiger partial charge is 0.0829 e. The molecule has 1 aromatic carbocycles. The molecule has 2 aromatic rings. The Morgan fingerprint density at radius 2 is 1.95 bits per heavy atom. The molecule has 0 saturated carbocycles. The Morgan fingerprint density at radius 1 is 1.20 bits per heavy atom. The van der Waals surface area contributed by atoms with Crippen molar-refractivity contribution in [2.45, 2.75) is 46.1 Å². The largest absolute Gasteiger partial charge is 0.312 e. The zero-order chi connectivity index (χ0) is 14.7. The maximum atomic E-state index is 4.29. The summed E-state index contributed by atoms with van der Waals surface area (Å²) in [7, 11) is 2.01. The van der Waals surface area contributed by atoms with Crippen LogP contribution in [-0.2, 0) is 6.42 Å². The van der Waals surface area contributed by atoms with Crippen molar-refractivity contribution in [3.63, 3.8) is 0 Å². The van der Waals surface area contributed by atoms with Gasteiger partial charge in [0.1, 0.15) is 0 Å². The number of likely N-dealkylation sites (N-methyl/N-ethyl adjacent to an activating group) is 1.